The molecule has 0 amide bonds. The summed E-state index contributed by atoms with van der Waals surface area (Å²) >= 11 is 0. The molecule has 30 heavy (non-hydrogen) atoms. The Kier molecular flexibility index (Phi) is 8.43. The van der Waals surface area contributed by atoms with Gasteiger partial charge >= 0.3 is 0 Å². The standard InChI is InChI=1S/C28H28P.BrH/c1-5-15-25(16-6-1)17-13-14-24-29(26-18-7-2-8-19-26,27-20-9-3-10-21-27)28-22-11-4-12-23-28;/h1-12,15-16,18-23H,13-14,17,24H2;1H/q+1;/p-1. The monoisotopic (exact) mass is 474 g/mol. The van der Waals surface area contributed by atoms with Crippen LogP contribution in [0.25, 0.3) is 0 Å². The highest BCUT2D eigenvalue weighted by atomic mass is 79.9. The summed E-state index contributed by atoms with van der Waals surface area (Å²) in [5.74, 6) is 0. The van der Waals surface area contributed by atoms with Gasteiger partial charge in [0.25, 0.3) is 0 Å². The summed E-state index contributed by atoms with van der Waals surface area (Å²) in [5, 5.41) is 4.45. The van der Waals surface area contributed by atoms with Gasteiger partial charge in [-0.2, -0.15) is 0 Å². The van der Waals surface area contributed by atoms with E-state index in [9.17, 15) is 0 Å². The first-order valence-electron chi connectivity index (χ1n) is 10.5. The molecule has 152 valence electrons. The van der Waals surface area contributed by atoms with E-state index < -0.39 is 7.26 Å². The Morgan fingerprint density at radius 2 is 0.800 bits per heavy atom. The summed E-state index contributed by atoms with van der Waals surface area (Å²) in [7, 11) is -1.67. The second-order valence-corrected chi connectivity index (χ2v) is 11.1. The minimum absolute atomic E-state index is 0. The van der Waals surface area contributed by atoms with Crippen molar-refractivity contribution in [2.24, 2.45) is 0 Å². The Morgan fingerprint density at radius 3 is 1.20 bits per heavy atom. The van der Waals surface area contributed by atoms with Crippen molar-refractivity contribution in [3.05, 3.63) is 127 Å². The van der Waals surface area contributed by atoms with Crippen LogP contribution in [-0.4, -0.2) is 6.16 Å². The third kappa shape index (κ3) is 5.09. The van der Waals surface area contributed by atoms with E-state index in [2.05, 4.69) is 121 Å². The summed E-state index contributed by atoms with van der Waals surface area (Å²) in [5.41, 5.74) is 1.44. The van der Waals surface area contributed by atoms with Crippen LogP contribution in [-0.2, 0) is 6.42 Å². The average molecular weight is 475 g/mol. The lowest BCUT2D eigenvalue weighted by molar-refractivity contribution is -0.00000565. The first kappa shape index (κ1) is 22.5. The predicted octanol–water partition coefficient (Wildman–Crippen LogP) is 3.01. The van der Waals surface area contributed by atoms with Crippen molar-refractivity contribution in [2.45, 2.75) is 19.3 Å². The molecule has 0 aliphatic rings. The van der Waals surface area contributed by atoms with E-state index in [1.54, 1.807) is 0 Å². The second-order valence-electron chi connectivity index (χ2n) is 7.48. The van der Waals surface area contributed by atoms with Crippen molar-refractivity contribution in [3.63, 3.8) is 0 Å². The lowest BCUT2D eigenvalue weighted by Crippen LogP contribution is -3.00. The van der Waals surface area contributed by atoms with E-state index in [4.69, 9.17) is 0 Å². The fraction of sp³-hybridized carbons (Fsp3) is 0.143. The summed E-state index contributed by atoms with van der Waals surface area (Å²) in [6, 6.07) is 44.5. The molecule has 0 unspecified atom stereocenters. The number of unbranched alkanes of at least 4 members (excludes halogenated alkanes) is 1. The maximum absolute atomic E-state index is 2.34. The molecule has 4 rings (SSSR count). The van der Waals surface area contributed by atoms with Gasteiger partial charge in [0.15, 0.2) is 0 Å². The van der Waals surface area contributed by atoms with Gasteiger partial charge < -0.3 is 17.0 Å². The van der Waals surface area contributed by atoms with Gasteiger partial charge in [-0.3, -0.25) is 0 Å². The van der Waals surface area contributed by atoms with Crippen molar-refractivity contribution in [1.82, 2.24) is 0 Å². The maximum atomic E-state index is 2.34. The molecule has 0 saturated heterocycles. The Bertz CT molecular complexity index is 889. The van der Waals surface area contributed by atoms with E-state index in [0.717, 1.165) is 6.42 Å². The molecule has 0 nitrogen and oxygen atoms in total. The third-order valence-electron chi connectivity index (χ3n) is 5.64. The molecule has 0 atom stereocenters. The van der Waals surface area contributed by atoms with Crippen LogP contribution in [0.15, 0.2) is 121 Å². The summed E-state index contributed by atoms with van der Waals surface area (Å²) in [6.45, 7) is 0. The fourth-order valence-electron chi connectivity index (χ4n) is 4.20. The van der Waals surface area contributed by atoms with Crippen LogP contribution in [0.1, 0.15) is 18.4 Å². The van der Waals surface area contributed by atoms with Gasteiger partial charge in [-0.15, -0.1) is 0 Å². The SMILES string of the molecule is [Br-].c1ccc(CCCC[P+](c2ccccc2)(c2ccccc2)c2ccccc2)cc1. The molecule has 0 N–H and O–H groups in total. The van der Waals surface area contributed by atoms with Gasteiger partial charge in [-0.05, 0) is 61.2 Å². The Labute approximate surface area is 192 Å². The lowest BCUT2D eigenvalue weighted by atomic mass is 10.1. The molecule has 0 spiro atoms. The van der Waals surface area contributed by atoms with Crippen LogP contribution in [0.5, 0.6) is 0 Å². The van der Waals surface area contributed by atoms with Gasteiger partial charge in [0.05, 0.1) is 6.16 Å². The zero-order valence-corrected chi connectivity index (χ0v) is 19.7. The van der Waals surface area contributed by atoms with Crippen LogP contribution in [0, 0.1) is 0 Å². The number of halogens is 1. The Hall–Kier alpha value is -2.21. The molecule has 0 bridgehead atoms. The first-order valence-corrected chi connectivity index (χ1v) is 12.5. The minimum atomic E-state index is -1.67. The molecule has 0 radical (unpaired) electrons. The van der Waals surface area contributed by atoms with Crippen LogP contribution in [0.3, 0.4) is 0 Å². The van der Waals surface area contributed by atoms with E-state index >= 15 is 0 Å². The number of benzene rings is 4. The van der Waals surface area contributed by atoms with Gasteiger partial charge in [-0.25, -0.2) is 0 Å². The van der Waals surface area contributed by atoms with Crippen LogP contribution >= 0.6 is 7.26 Å². The summed E-state index contributed by atoms with van der Waals surface area (Å²) in [6.07, 6.45) is 4.80. The average Bonchev–Trinajstić information content (AvgIpc) is 2.82. The highest BCUT2D eigenvalue weighted by molar-refractivity contribution is 7.95. The summed E-state index contributed by atoms with van der Waals surface area (Å²) in [4.78, 5) is 0. The van der Waals surface area contributed by atoms with Gasteiger partial charge in [0.2, 0.25) is 0 Å². The predicted molar refractivity (Wildman–Crippen MR) is 129 cm³/mol. The van der Waals surface area contributed by atoms with Crippen molar-refractivity contribution in [2.75, 3.05) is 6.16 Å². The van der Waals surface area contributed by atoms with Crippen LogP contribution < -0.4 is 32.9 Å². The molecule has 0 aliphatic carbocycles. The minimum Gasteiger partial charge on any atom is -1.00 e. The highest BCUT2D eigenvalue weighted by Crippen LogP contribution is 2.55. The molecular formula is C28H28BrP. The molecule has 4 aromatic rings. The Morgan fingerprint density at radius 1 is 0.433 bits per heavy atom. The van der Waals surface area contributed by atoms with E-state index in [-0.39, 0.29) is 17.0 Å². The first-order chi connectivity index (χ1) is 14.4. The van der Waals surface area contributed by atoms with E-state index in [0.29, 0.717) is 0 Å². The second kappa shape index (κ2) is 11.3. The highest BCUT2D eigenvalue weighted by Gasteiger charge is 2.44. The van der Waals surface area contributed by atoms with E-state index in [1.807, 2.05) is 0 Å². The van der Waals surface area contributed by atoms with Crippen LogP contribution in [0.2, 0.25) is 0 Å². The molecule has 0 fully saturated rings. The molecule has 4 aromatic carbocycles. The van der Waals surface area contributed by atoms with Crippen LogP contribution in [0.4, 0.5) is 0 Å². The number of hydrogen-bond acceptors (Lipinski definition) is 0. The van der Waals surface area contributed by atoms with Crippen molar-refractivity contribution in [3.8, 4) is 0 Å². The zero-order chi connectivity index (χ0) is 19.8. The molecular weight excluding hydrogens is 447 g/mol. The molecule has 0 heterocycles. The smallest absolute Gasteiger partial charge is 0.112 e. The third-order valence-corrected chi connectivity index (χ3v) is 10.2. The normalized spacial score (nSPS) is 10.9. The van der Waals surface area contributed by atoms with E-state index in [1.165, 1.54) is 40.5 Å². The fourth-order valence-corrected chi connectivity index (χ4v) is 8.61. The van der Waals surface area contributed by atoms with Crippen molar-refractivity contribution >= 4 is 23.2 Å². The van der Waals surface area contributed by atoms with Crippen molar-refractivity contribution in [1.29, 1.82) is 0 Å². The van der Waals surface area contributed by atoms with Crippen molar-refractivity contribution < 1.29 is 17.0 Å². The molecule has 0 aliphatic heterocycles. The lowest BCUT2D eigenvalue weighted by Gasteiger charge is -2.27. The summed E-state index contributed by atoms with van der Waals surface area (Å²) < 4.78 is 0. The largest absolute Gasteiger partial charge is 1.00 e. The molecule has 2 heteroatoms. The maximum Gasteiger partial charge on any atom is 0.112 e. The zero-order valence-electron chi connectivity index (χ0n) is 17.2. The van der Waals surface area contributed by atoms with Gasteiger partial charge in [0.1, 0.15) is 23.2 Å². The number of hydrogen-bond donors (Lipinski definition) is 0. The molecule has 0 aromatic heterocycles. The number of aryl methyl sites for hydroxylation is 1. The quantitative estimate of drug-likeness (QED) is 0.272. The number of rotatable bonds is 8. The van der Waals surface area contributed by atoms with Gasteiger partial charge in [0, 0.05) is 0 Å². The topological polar surface area (TPSA) is 0 Å². The Balaban J connectivity index is 0.00000256. The van der Waals surface area contributed by atoms with Gasteiger partial charge in [-0.1, -0.05) is 84.9 Å². The molecule has 0 saturated carbocycles.